The Hall–Kier alpha value is -0.370. The molecular formula is C13H20O2. The van der Waals surface area contributed by atoms with Crippen molar-refractivity contribution in [3.8, 4) is 0 Å². The van der Waals surface area contributed by atoms with Crippen molar-refractivity contribution in [2.75, 3.05) is 6.61 Å². The Morgan fingerprint density at radius 1 is 1.33 bits per heavy atom. The first-order valence-electron chi connectivity index (χ1n) is 6.36. The third-order valence-electron chi connectivity index (χ3n) is 5.11. The molecule has 2 saturated carbocycles. The Bertz CT molecular complexity index is 286. The van der Waals surface area contributed by atoms with Crippen LogP contribution in [-0.4, -0.2) is 18.5 Å². The van der Waals surface area contributed by atoms with Crippen LogP contribution in [0.1, 0.15) is 45.4 Å². The van der Waals surface area contributed by atoms with Gasteiger partial charge in [0.05, 0.1) is 12.7 Å². The van der Waals surface area contributed by atoms with E-state index in [9.17, 15) is 4.79 Å². The van der Waals surface area contributed by atoms with Gasteiger partial charge in [0.1, 0.15) is 5.78 Å². The molecule has 2 nitrogen and oxygen atoms in total. The van der Waals surface area contributed by atoms with Crippen LogP contribution in [0.3, 0.4) is 0 Å². The number of hydrogen-bond acceptors (Lipinski definition) is 2. The highest BCUT2D eigenvalue weighted by molar-refractivity contribution is 5.83. The molecule has 0 spiro atoms. The zero-order chi connectivity index (χ0) is 10.5. The SMILES string of the molecule is CC12CCCC1CCC1OCCC(=O)C12. The molecule has 3 aliphatic rings. The summed E-state index contributed by atoms with van der Waals surface area (Å²) in [5.41, 5.74) is 0.278. The van der Waals surface area contributed by atoms with Gasteiger partial charge in [0.25, 0.3) is 0 Å². The summed E-state index contributed by atoms with van der Waals surface area (Å²) < 4.78 is 5.80. The number of rotatable bonds is 0. The Labute approximate surface area is 91.4 Å². The predicted molar refractivity (Wildman–Crippen MR) is 57.5 cm³/mol. The summed E-state index contributed by atoms with van der Waals surface area (Å²) >= 11 is 0. The van der Waals surface area contributed by atoms with Crippen molar-refractivity contribution in [3.63, 3.8) is 0 Å². The van der Waals surface area contributed by atoms with Crippen LogP contribution in [-0.2, 0) is 9.53 Å². The minimum absolute atomic E-state index is 0.229. The second-order valence-electron chi connectivity index (χ2n) is 5.78. The first-order valence-corrected chi connectivity index (χ1v) is 6.36. The van der Waals surface area contributed by atoms with E-state index in [1.54, 1.807) is 0 Å². The van der Waals surface area contributed by atoms with Crippen LogP contribution in [0.5, 0.6) is 0 Å². The number of fused-ring (bicyclic) bond motifs is 3. The van der Waals surface area contributed by atoms with Gasteiger partial charge in [-0.2, -0.15) is 0 Å². The van der Waals surface area contributed by atoms with Crippen LogP contribution in [0.15, 0.2) is 0 Å². The lowest BCUT2D eigenvalue weighted by Gasteiger charge is -2.48. The Morgan fingerprint density at radius 3 is 3.07 bits per heavy atom. The van der Waals surface area contributed by atoms with Crippen molar-refractivity contribution < 1.29 is 9.53 Å². The fraction of sp³-hybridized carbons (Fsp3) is 0.923. The van der Waals surface area contributed by atoms with E-state index in [2.05, 4.69) is 6.92 Å². The lowest BCUT2D eigenvalue weighted by Crippen LogP contribution is -2.51. The van der Waals surface area contributed by atoms with Crippen LogP contribution in [0, 0.1) is 17.3 Å². The Kier molecular flexibility index (Phi) is 2.17. The lowest BCUT2D eigenvalue weighted by atomic mass is 9.59. The third kappa shape index (κ3) is 1.30. The van der Waals surface area contributed by atoms with Crippen molar-refractivity contribution in [3.05, 3.63) is 0 Å². The van der Waals surface area contributed by atoms with Gasteiger partial charge in [-0.1, -0.05) is 13.3 Å². The van der Waals surface area contributed by atoms with E-state index in [4.69, 9.17) is 4.74 Å². The zero-order valence-corrected chi connectivity index (χ0v) is 9.50. The van der Waals surface area contributed by atoms with E-state index >= 15 is 0 Å². The number of carbonyl (C=O) groups is 1. The minimum atomic E-state index is 0.229. The molecule has 15 heavy (non-hydrogen) atoms. The quantitative estimate of drug-likeness (QED) is 0.611. The number of carbonyl (C=O) groups excluding carboxylic acids is 1. The summed E-state index contributed by atoms with van der Waals surface area (Å²) in [4.78, 5) is 12.1. The largest absolute Gasteiger partial charge is 0.377 e. The predicted octanol–water partition coefficient (Wildman–Crippen LogP) is 2.56. The molecule has 0 amide bonds. The first kappa shape index (κ1) is 9.83. The number of ether oxygens (including phenoxy) is 1. The highest BCUT2D eigenvalue weighted by Crippen LogP contribution is 2.56. The van der Waals surface area contributed by atoms with Gasteiger partial charge in [-0.15, -0.1) is 0 Å². The van der Waals surface area contributed by atoms with Gasteiger partial charge in [0.15, 0.2) is 0 Å². The topological polar surface area (TPSA) is 26.3 Å². The molecule has 1 saturated heterocycles. The fourth-order valence-electron chi connectivity index (χ4n) is 4.32. The van der Waals surface area contributed by atoms with Crippen LogP contribution in [0.2, 0.25) is 0 Å². The number of Topliss-reactive ketones (excluding diaryl/α,β-unsaturated/α-hetero) is 1. The lowest BCUT2D eigenvalue weighted by molar-refractivity contribution is -0.156. The molecule has 3 rings (SSSR count). The molecule has 4 unspecified atom stereocenters. The monoisotopic (exact) mass is 208 g/mol. The van der Waals surface area contributed by atoms with Crippen molar-refractivity contribution in [2.45, 2.75) is 51.6 Å². The molecule has 0 bridgehead atoms. The average Bonchev–Trinajstić information content (AvgIpc) is 2.59. The summed E-state index contributed by atoms with van der Waals surface area (Å²) in [5, 5.41) is 0. The van der Waals surface area contributed by atoms with Crippen LogP contribution in [0.25, 0.3) is 0 Å². The molecular weight excluding hydrogens is 188 g/mol. The summed E-state index contributed by atoms with van der Waals surface area (Å²) in [6, 6.07) is 0. The molecule has 2 aliphatic carbocycles. The van der Waals surface area contributed by atoms with Crippen LogP contribution in [0.4, 0.5) is 0 Å². The average molecular weight is 208 g/mol. The molecule has 0 N–H and O–H groups in total. The van der Waals surface area contributed by atoms with Crippen LogP contribution < -0.4 is 0 Å². The van der Waals surface area contributed by atoms with E-state index in [0.29, 0.717) is 18.8 Å². The second-order valence-corrected chi connectivity index (χ2v) is 5.78. The standard InChI is InChI=1S/C13H20O2/c1-13-7-2-3-9(13)4-5-11-12(13)10(14)6-8-15-11/h9,11-12H,2-8H2,1H3. The van der Waals surface area contributed by atoms with Crippen molar-refractivity contribution >= 4 is 5.78 Å². The van der Waals surface area contributed by atoms with Gasteiger partial charge in [-0.05, 0) is 37.0 Å². The van der Waals surface area contributed by atoms with Gasteiger partial charge in [0.2, 0.25) is 0 Å². The normalized spacial score (nSPS) is 49.9. The van der Waals surface area contributed by atoms with E-state index in [-0.39, 0.29) is 17.4 Å². The van der Waals surface area contributed by atoms with Crippen molar-refractivity contribution in [1.82, 2.24) is 0 Å². The van der Waals surface area contributed by atoms with Gasteiger partial charge in [0, 0.05) is 12.3 Å². The Morgan fingerprint density at radius 2 is 2.20 bits per heavy atom. The molecule has 2 heteroatoms. The molecule has 0 aromatic carbocycles. The van der Waals surface area contributed by atoms with Gasteiger partial charge >= 0.3 is 0 Å². The van der Waals surface area contributed by atoms with E-state index in [1.165, 1.54) is 25.7 Å². The molecule has 0 aromatic rings. The van der Waals surface area contributed by atoms with E-state index < -0.39 is 0 Å². The van der Waals surface area contributed by atoms with Gasteiger partial charge in [-0.3, -0.25) is 4.79 Å². The summed E-state index contributed by atoms with van der Waals surface area (Å²) in [6.45, 7) is 3.01. The molecule has 3 fully saturated rings. The summed E-state index contributed by atoms with van der Waals surface area (Å²) in [5.74, 6) is 1.51. The van der Waals surface area contributed by atoms with Crippen LogP contribution >= 0.6 is 0 Å². The zero-order valence-electron chi connectivity index (χ0n) is 9.50. The second kappa shape index (κ2) is 3.31. The number of ketones is 1. The van der Waals surface area contributed by atoms with E-state index in [0.717, 1.165) is 12.3 Å². The molecule has 1 aliphatic heterocycles. The molecule has 84 valence electrons. The first-order chi connectivity index (χ1) is 7.22. The molecule has 4 atom stereocenters. The maximum atomic E-state index is 12.1. The van der Waals surface area contributed by atoms with Crippen molar-refractivity contribution in [1.29, 1.82) is 0 Å². The maximum absolute atomic E-state index is 12.1. The highest BCUT2D eigenvalue weighted by Gasteiger charge is 2.54. The smallest absolute Gasteiger partial charge is 0.141 e. The third-order valence-corrected chi connectivity index (χ3v) is 5.11. The molecule has 0 radical (unpaired) electrons. The summed E-state index contributed by atoms with van der Waals surface area (Å²) in [7, 11) is 0. The summed E-state index contributed by atoms with van der Waals surface area (Å²) in [6.07, 6.45) is 7.22. The number of hydrogen-bond donors (Lipinski definition) is 0. The van der Waals surface area contributed by atoms with E-state index in [1.807, 2.05) is 0 Å². The van der Waals surface area contributed by atoms with Gasteiger partial charge in [-0.25, -0.2) is 0 Å². The minimum Gasteiger partial charge on any atom is -0.377 e. The molecule has 1 heterocycles. The Balaban J connectivity index is 1.94. The fourth-order valence-corrected chi connectivity index (χ4v) is 4.32. The molecule has 0 aromatic heterocycles. The van der Waals surface area contributed by atoms with Crippen molar-refractivity contribution in [2.24, 2.45) is 17.3 Å². The van der Waals surface area contributed by atoms with Gasteiger partial charge < -0.3 is 4.74 Å². The maximum Gasteiger partial charge on any atom is 0.141 e. The highest BCUT2D eigenvalue weighted by atomic mass is 16.5.